The van der Waals surface area contributed by atoms with Gasteiger partial charge in [0.1, 0.15) is 5.82 Å². The van der Waals surface area contributed by atoms with Crippen molar-refractivity contribution in [2.24, 2.45) is 29.6 Å². The van der Waals surface area contributed by atoms with E-state index >= 15 is 0 Å². The molecule has 3 aliphatic rings. The summed E-state index contributed by atoms with van der Waals surface area (Å²) in [5, 5.41) is 0. The van der Waals surface area contributed by atoms with Crippen LogP contribution < -0.4 is 0 Å². The molecule has 1 aromatic carbocycles. The summed E-state index contributed by atoms with van der Waals surface area (Å²) in [6.07, 6.45) is 19.5. The van der Waals surface area contributed by atoms with E-state index < -0.39 is 0 Å². The van der Waals surface area contributed by atoms with Gasteiger partial charge in [-0.1, -0.05) is 58.1 Å². The number of hydrogen-bond acceptors (Lipinski definition) is 0. The van der Waals surface area contributed by atoms with Gasteiger partial charge < -0.3 is 0 Å². The Kier molecular flexibility index (Phi) is 7.35. The molecule has 0 bridgehead atoms. The van der Waals surface area contributed by atoms with Gasteiger partial charge in [-0.2, -0.15) is 0 Å². The van der Waals surface area contributed by atoms with Crippen LogP contribution in [0.1, 0.15) is 114 Å². The van der Waals surface area contributed by atoms with Crippen LogP contribution in [0.15, 0.2) is 18.2 Å². The average molecular weight is 399 g/mol. The fourth-order valence-electron chi connectivity index (χ4n) is 7.20. The van der Waals surface area contributed by atoms with Crippen molar-refractivity contribution in [3.05, 3.63) is 35.1 Å². The summed E-state index contributed by atoms with van der Waals surface area (Å²) in [4.78, 5) is 0. The normalized spacial score (nSPS) is 35.3. The zero-order valence-corrected chi connectivity index (χ0v) is 19.0. The third-order valence-electron chi connectivity index (χ3n) is 9.11. The number of hydrogen-bond donors (Lipinski definition) is 0. The van der Waals surface area contributed by atoms with Crippen LogP contribution in [0.3, 0.4) is 0 Å². The van der Waals surface area contributed by atoms with Crippen LogP contribution in [0.2, 0.25) is 0 Å². The molecule has 4 atom stereocenters. The highest BCUT2D eigenvalue weighted by Crippen LogP contribution is 2.51. The maximum Gasteiger partial charge on any atom is 0.126 e. The van der Waals surface area contributed by atoms with Gasteiger partial charge in [-0.3, -0.25) is 0 Å². The lowest BCUT2D eigenvalue weighted by atomic mass is 9.60. The van der Waals surface area contributed by atoms with E-state index in [0.29, 0.717) is 5.92 Å². The Morgan fingerprint density at radius 2 is 1.45 bits per heavy atom. The minimum atomic E-state index is 0.0189. The van der Waals surface area contributed by atoms with E-state index in [4.69, 9.17) is 0 Å². The van der Waals surface area contributed by atoms with E-state index in [-0.39, 0.29) is 5.82 Å². The lowest BCUT2D eigenvalue weighted by Crippen LogP contribution is -2.34. The summed E-state index contributed by atoms with van der Waals surface area (Å²) in [5.41, 5.74) is 2.14. The molecule has 0 N–H and O–H groups in total. The Labute approximate surface area is 179 Å². The molecular weight excluding hydrogens is 355 g/mol. The largest absolute Gasteiger partial charge is 0.207 e. The van der Waals surface area contributed by atoms with Gasteiger partial charge in [0.25, 0.3) is 0 Å². The first-order valence-electron chi connectivity index (χ1n) is 13.0. The van der Waals surface area contributed by atoms with Gasteiger partial charge in [0.2, 0.25) is 0 Å². The van der Waals surface area contributed by atoms with Crippen LogP contribution in [0.4, 0.5) is 4.39 Å². The van der Waals surface area contributed by atoms with Crippen LogP contribution in [0, 0.1) is 35.4 Å². The summed E-state index contributed by atoms with van der Waals surface area (Å²) in [7, 11) is 0. The minimum Gasteiger partial charge on any atom is -0.207 e. The molecule has 0 aliphatic heterocycles. The molecule has 0 saturated heterocycles. The molecule has 3 saturated carbocycles. The number of fused-ring (bicyclic) bond motifs is 1. The molecule has 0 heterocycles. The lowest BCUT2D eigenvalue weighted by molar-refractivity contribution is 0.0710. The van der Waals surface area contributed by atoms with Gasteiger partial charge in [0.05, 0.1) is 0 Å². The zero-order valence-electron chi connectivity index (χ0n) is 19.0. The second-order valence-corrected chi connectivity index (χ2v) is 10.7. The van der Waals surface area contributed by atoms with Crippen molar-refractivity contribution in [2.45, 2.75) is 110 Å². The van der Waals surface area contributed by atoms with Crippen LogP contribution in [0.5, 0.6) is 0 Å². The minimum absolute atomic E-state index is 0.0189. The highest BCUT2D eigenvalue weighted by Gasteiger charge is 2.39. The lowest BCUT2D eigenvalue weighted by Gasteiger charge is -2.45. The fourth-order valence-corrected chi connectivity index (χ4v) is 7.20. The molecule has 29 heavy (non-hydrogen) atoms. The van der Waals surface area contributed by atoms with E-state index in [1.165, 1.54) is 89.0 Å². The van der Waals surface area contributed by atoms with Crippen molar-refractivity contribution in [3.8, 4) is 0 Å². The SMILES string of the molecule is CCCCC1CCC(C2CCC3CC(c4ccc(CC)c(F)c4)CCC3C2)CC1. The molecular formula is C28H43F. The Morgan fingerprint density at radius 3 is 2.14 bits per heavy atom. The summed E-state index contributed by atoms with van der Waals surface area (Å²) >= 11 is 0. The van der Waals surface area contributed by atoms with Gasteiger partial charge in [-0.15, -0.1) is 0 Å². The Balaban J connectivity index is 1.28. The van der Waals surface area contributed by atoms with Crippen molar-refractivity contribution >= 4 is 0 Å². The van der Waals surface area contributed by atoms with Crippen molar-refractivity contribution in [1.29, 1.82) is 0 Å². The third kappa shape index (κ3) is 5.08. The zero-order chi connectivity index (χ0) is 20.2. The molecule has 0 radical (unpaired) electrons. The molecule has 162 valence electrons. The molecule has 1 aromatic rings. The molecule has 3 fully saturated rings. The van der Waals surface area contributed by atoms with Gasteiger partial charge in [-0.05, 0) is 110 Å². The van der Waals surface area contributed by atoms with E-state index in [1.807, 2.05) is 19.1 Å². The third-order valence-corrected chi connectivity index (χ3v) is 9.11. The standard InChI is InChI=1S/C28H43F/c1-3-5-6-20-7-9-22(10-8-20)23-13-14-25-18-26(16-15-24(25)17-23)27-12-11-21(4-2)28(29)19-27/h11-12,19-20,22-26H,3-10,13-18H2,1-2H3. The molecule has 3 aliphatic carbocycles. The maximum absolute atomic E-state index is 14.3. The maximum atomic E-state index is 14.3. The van der Waals surface area contributed by atoms with Gasteiger partial charge in [0.15, 0.2) is 0 Å². The van der Waals surface area contributed by atoms with E-state index in [9.17, 15) is 4.39 Å². The average Bonchev–Trinajstić information content (AvgIpc) is 2.77. The van der Waals surface area contributed by atoms with Crippen molar-refractivity contribution < 1.29 is 4.39 Å². The van der Waals surface area contributed by atoms with Crippen molar-refractivity contribution in [3.63, 3.8) is 0 Å². The van der Waals surface area contributed by atoms with Crippen molar-refractivity contribution in [1.82, 2.24) is 0 Å². The van der Waals surface area contributed by atoms with Crippen LogP contribution >= 0.6 is 0 Å². The quantitative estimate of drug-likeness (QED) is 0.449. The topological polar surface area (TPSA) is 0 Å². The molecule has 4 unspecified atom stereocenters. The first kappa shape index (κ1) is 21.4. The smallest absolute Gasteiger partial charge is 0.126 e. The summed E-state index contributed by atoms with van der Waals surface area (Å²) in [5.74, 6) is 5.57. The Morgan fingerprint density at radius 1 is 0.793 bits per heavy atom. The van der Waals surface area contributed by atoms with Crippen LogP contribution in [-0.2, 0) is 6.42 Å². The summed E-state index contributed by atoms with van der Waals surface area (Å²) in [6, 6.07) is 6.10. The molecule has 0 aromatic heterocycles. The molecule has 0 amide bonds. The highest BCUT2D eigenvalue weighted by atomic mass is 19.1. The predicted molar refractivity (Wildman–Crippen MR) is 122 cm³/mol. The second-order valence-electron chi connectivity index (χ2n) is 10.7. The Hall–Kier alpha value is -0.850. The van der Waals surface area contributed by atoms with E-state index in [2.05, 4.69) is 13.0 Å². The van der Waals surface area contributed by atoms with Crippen LogP contribution in [0.25, 0.3) is 0 Å². The van der Waals surface area contributed by atoms with Gasteiger partial charge >= 0.3 is 0 Å². The van der Waals surface area contributed by atoms with Gasteiger partial charge in [0, 0.05) is 0 Å². The van der Waals surface area contributed by atoms with E-state index in [0.717, 1.165) is 41.6 Å². The number of benzene rings is 1. The first-order valence-corrected chi connectivity index (χ1v) is 13.0. The van der Waals surface area contributed by atoms with Gasteiger partial charge in [-0.25, -0.2) is 4.39 Å². The predicted octanol–water partition coefficient (Wildman–Crippen LogP) is 8.68. The highest BCUT2D eigenvalue weighted by molar-refractivity contribution is 5.27. The number of rotatable bonds is 6. The fraction of sp³-hybridized carbons (Fsp3) is 0.786. The molecule has 0 spiro atoms. The van der Waals surface area contributed by atoms with Crippen molar-refractivity contribution in [2.75, 3.05) is 0 Å². The monoisotopic (exact) mass is 398 g/mol. The summed E-state index contributed by atoms with van der Waals surface area (Å²) < 4.78 is 14.3. The summed E-state index contributed by atoms with van der Waals surface area (Å²) in [6.45, 7) is 4.37. The van der Waals surface area contributed by atoms with Crippen LogP contribution in [-0.4, -0.2) is 0 Å². The second kappa shape index (κ2) is 9.97. The number of unbranched alkanes of at least 4 members (excludes halogenated alkanes) is 1. The molecule has 0 nitrogen and oxygen atoms in total. The first-order chi connectivity index (χ1) is 14.2. The molecule has 4 rings (SSSR count). The number of aryl methyl sites for hydroxylation is 1. The number of halogens is 1. The Bertz CT molecular complexity index is 642. The van der Waals surface area contributed by atoms with E-state index in [1.54, 1.807) is 0 Å². The molecule has 1 heteroatoms.